The lowest BCUT2D eigenvalue weighted by atomic mass is 9.77. The third kappa shape index (κ3) is 4.79. The molecule has 38 heavy (non-hydrogen) atoms. The van der Waals surface area contributed by atoms with Crippen molar-refractivity contribution >= 4 is 23.7 Å². The van der Waals surface area contributed by atoms with Gasteiger partial charge in [0.15, 0.2) is 18.1 Å². The van der Waals surface area contributed by atoms with Gasteiger partial charge in [-0.25, -0.2) is 9.80 Å². The topological polar surface area (TPSA) is 77.4 Å². The Balaban J connectivity index is 1.21. The van der Waals surface area contributed by atoms with Gasteiger partial charge in [-0.1, -0.05) is 72.8 Å². The summed E-state index contributed by atoms with van der Waals surface area (Å²) < 4.78 is 16.8. The molecule has 0 radical (unpaired) electrons. The number of allylic oxidation sites excluding steroid dienone is 1. The molecule has 0 saturated heterocycles. The summed E-state index contributed by atoms with van der Waals surface area (Å²) in [6, 6.07) is 27.0. The molecule has 3 aromatic rings. The van der Waals surface area contributed by atoms with Crippen molar-refractivity contribution in [2.45, 2.75) is 31.4 Å². The summed E-state index contributed by atoms with van der Waals surface area (Å²) in [6.45, 7) is -0.399. The largest absolute Gasteiger partial charge is 0.485 e. The highest BCUT2D eigenvalue weighted by Gasteiger charge is 2.44. The van der Waals surface area contributed by atoms with Crippen LogP contribution in [0.15, 0.2) is 95.6 Å². The van der Waals surface area contributed by atoms with Crippen molar-refractivity contribution in [2.75, 3.05) is 13.2 Å². The molecule has 3 aliphatic rings. The average molecular weight is 509 g/mol. The maximum atomic E-state index is 13.5. The van der Waals surface area contributed by atoms with Gasteiger partial charge < -0.3 is 14.2 Å². The molecular weight excluding hydrogens is 480 g/mol. The Kier molecular flexibility index (Phi) is 6.65. The van der Waals surface area contributed by atoms with Gasteiger partial charge in [-0.05, 0) is 54.2 Å². The molecule has 2 heterocycles. The van der Waals surface area contributed by atoms with E-state index in [2.05, 4.69) is 18.2 Å². The van der Waals surface area contributed by atoms with Gasteiger partial charge in [0, 0.05) is 5.92 Å². The molecule has 0 aromatic heterocycles. The zero-order chi connectivity index (χ0) is 25.9. The van der Waals surface area contributed by atoms with Crippen LogP contribution in [-0.2, 0) is 14.3 Å². The highest BCUT2D eigenvalue weighted by atomic mass is 16.6. The Morgan fingerprint density at radius 2 is 1.66 bits per heavy atom. The molecule has 6 rings (SSSR count). The molecule has 3 atom stereocenters. The third-order valence-electron chi connectivity index (χ3n) is 7.15. The van der Waals surface area contributed by atoms with Crippen LogP contribution in [0.5, 0.6) is 11.5 Å². The fraction of sp³-hybridized carbons (Fsp3) is 0.258. The lowest BCUT2D eigenvalue weighted by Gasteiger charge is -2.29. The standard InChI is InChI=1S/C31H28N2O5/c34-28(20-37-31(35)27-19-36-25-16-7-8-17-26(25)38-27)33-30(22-12-5-2-6-13-22)24-15-9-14-23(29(24)32-33)18-21-10-3-1-4-11-21/h1-8,10-13,16-18,24,27,30H,9,14-15,19-20H2/b23-18-/t24-,27+,30+/m0/s1. The van der Waals surface area contributed by atoms with Gasteiger partial charge in [-0.15, -0.1) is 0 Å². The first-order valence-corrected chi connectivity index (χ1v) is 12.9. The van der Waals surface area contributed by atoms with Gasteiger partial charge >= 0.3 is 5.97 Å². The van der Waals surface area contributed by atoms with Crippen molar-refractivity contribution in [1.82, 2.24) is 5.01 Å². The summed E-state index contributed by atoms with van der Waals surface area (Å²) in [7, 11) is 0. The van der Waals surface area contributed by atoms with Gasteiger partial charge in [0.05, 0.1) is 11.8 Å². The molecule has 0 bridgehead atoms. The Morgan fingerprint density at radius 1 is 0.947 bits per heavy atom. The summed E-state index contributed by atoms with van der Waals surface area (Å²) in [5, 5.41) is 6.36. The summed E-state index contributed by atoms with van der Waals surface area (Å²) in [5.74, 6) is 0.118. The predicted molar refractivity (Wildman–Crippen MR) is 143 cm³/mol. The number of rotatable bonds is 5. The molecule has 0 N–H and O–H groups in total. The van der Waals surface area contributed by atoms with Crippen LogP contribution in [0.2, 0.25) is 0 Å². The number of ether oxygens (including phenoxy) is 3. The van der Waals surface area contributed by atoms with Gasteiger partial charge in [0.1, 0.15) is 6.61 Å². The van der Waals surface area contributed by atoms with Crippen molar-refractivity contribution in [3.05, 3.63) is 102 Å². The van der Waals surface area contributed by atoms with Crippen molar-refractivity contribution in [3.8, 4) is 11.5 Å². The van der Waals surface area contributed by atoms with Crippen LogP contribution < -0.4 is 9.47 Å². The first-order valence-electron chi connectivity index (χ1n) is 12.9. The molecule has 1 amide bonds. The maximum Gasteiger partial charge on any atom is 0.351 e. The second-order valence-corrected chi connectivity index (χ2v) is 9.63. The van der Waals surface area contributed by atoms with Crippen LogP contribution in [-0.4, -0.2) is 41.9 Å². The average Bonchev–Trinajstić information content (AvgIpc) is 3.37. The van der Waals surface area contributed by atoms with E-state index < -0.39 is 18.7 Å². The van der Waals surface area contributed by atoms with E-state index in [1.165, 1.54) is 5.01 Å². The number of hydrazone groups is 1. The number of nitrogens with zero attached hydrogens (tertiary/aromatic N) is 2. The number of benzene rings is 3. The fourth-order valence-corrected chi connectivity index (χ4v) is 5.37. The van der Waals surface area contributed by atoms with Crippen molar-refractivity contribution in [2.24, 2.45) is 11.0 Å². The van der Waals surface area contributed by atoms with Crippen LogP contribution in [0, 0.1) is 5.92 Å². The normalized spacial score (nSPS) is 22.9. The minimum absolute atomic E-state index is 0.0262. The van der Waals surface area contributed by atoms with Crippen molar-refractivity contribution < 1.29 is 23.8 Å². The highest BCUT2D eigenvalue weighted by Crippen LogP contribution is 2.44. The Bertz CT molecular complexity index is 1390. The van der Waals surface area contributed by atoms with Crippen LogP contribution >= 0.6 is 0 Å². The van der Waals surface area contributed by atoms with Gasteiger partial charge in [-0.2, -0.15) is 5.10 Å². The lowest BCUT2D eigenvalue weighted by Crippen LogP contribution is -2.40. The minimum atomic E-state index is -0.935. The molecule has 3 aromatic carbocycles. The number of esters is 1. The molecule has 7 heteroatoms. The monoisotopic (exact) mass is 508 g/mol. The molecule has 0 unspecified atom stereocenters. The van der Waals surface area contributed by atoms with Crippen LogP contribution in [0.3, 0.4) is 0 Å². The number of para-hydroxylation sites is 2. The smallest absolute Gasteiger partial charge is 0.351 e. The zero-order valence-electron chi connectivity index (χ0n) is 20.9. The second-order valence-electron chi connectivity index (χ2n) is 9.63. The molecule has 1 aliphatic carbocycles. The minimum Gasteiger partial charge on any atom is -0.485 e. The summed E-state index contributed by atoms with van der Waals surface area (Å²) in [4.78, 5) is 26.2. The van der Waals surface area contributed by atoms with E-state index in [9.17, 15) is 9.59 Å². The van der Waals surface area contributed by atoms with Crippen LogP contribution in [0.25, 0.3) is 6.08 Å². The van der Waals surface area contributed by atoms with Crippen molar-refractivity contribution in [1.29, 1.82) is 0 Å². The fourth-order valence-electron chi connectivity index (χ4n) is 5.37. The quantitative estimate of drug-likeness (QED) is 0.443. The first-order chi connectivity index (χ1) is 18.7. The number of amides is 1. The Hall–Kier alpha value is -4.39. The molecular formula is C31H28N2O5. The zero-order valence-corrected chi connectivity index (χ0v) is 20.9. The van der Waals surface area contributed by atoms with Crippen LogP contribution in [0.1, 0.15) is 36.4 Å². The van der Waals surface area contributed by atoms with E-state index in [0.717, 1.165) is 41.7 Å². The van der Waals surface area contributed by atoms with Gasteiger partial charge in [0.25, 0.3) is 5.91 Å². The summed E-state index contributed by atoms with van der Waals surface area (Å²) in [5.41, 5.74) is 4.20. The maximum absolute atomic E-state index is 13.5. The van der Waals surface area contributed by atoms with Crippen LogP contribution in [0.4, 0.5) is 0 Å². The molecule has 7 nitrogen and oxygen atoms in total. The summed E-state index contributed by atoms with van der Waals surface area (Å²) >= 11 is 0. The van der Waals surface area contributed by atoms with Gasteiger partial charge in [0.2, 0.25) is 6.10 Å². The predicted octanol–water partition coefficient (Wildman–Crippen LogP) is 5.19. The molecule has 1 fully saturated rings. The Labute approximate surface area is 221 Å². The SMILES string of the molecule is O=C(OCC(=O)N1N=C2/C(=C\c3ccccc3)CCC[C@@H]2[C@H]1c1ccccc1)[C@H]1COc2ccccc2O1. The second kappa shape index (κ2) is 10.5. The van der Waals surface area contributed by atoms with E-state index in [4.69, 9.17) is 19.3 Å². The number of carbonyl (C=O) groups excluding carboxylic acids is 2. The van der Waals surface area contributed by atoms with Gasteiger partial charge in [-0.3, -0.25) is 4.79 Å². The van der Waals surface area contributed by atoms with E-state index >= 15 is 0 Å². The molecule has 0 spiro atoms. The molecule has 2 aliphatic heterocycles. The lowest BCUT2D eigenvalue weighted by molar-refractivity contribution is -0.160. The number of hydrogen-bond acceptors (Lipinski definition) is 6. The van der Waals surface area contributed by atoms with Crippen molar-refractivity contribution in [3.63, 3.8) is 0 Å². The van der Waals surface area contributed by atoms with E-state index in [-0.39, 0.29) is 24.5 Å². The number of hydrogen-bond donors (Lipinski definition) is 0. The number of fused-ring (bicyclic) bond motifs is 2. The highest BCUT2D eigenvalue weighted by molar-refractivity contribution is 6.08. The van der Waals surface area contributed by atoms with E-state index in [1.807, 2.05) is 54.6 Å². The third-order valence-corrected chi connectivity index (χ3v) is 7.15. The number of carbonyl (C=O) groups is 2. The van der Waals surface area contributed by atoms with E-state index in [0.29, 0.717) is 11.5 Å². The first kappa shape index (κ1) is 24.0. The Morgan fingerprint density at radius 3 is 2.45 bits per heavy atom. The molecule has 1 saturated carbocycles. The summed E-state index contributed by atoms with van der Waals surface area (Å²) in [6.07, 6.45) is 4.09. The molecule has 192 valence electrons. The van der Waals surface area contributed by atoms with E-state index in [1.54, 1.807) is 18.2 Å².